The summed E-state index contributed by atoms with van der Waals surface area (Å²) < 4.78 is 5.28. The molecule has 0 amide bonds. The summed E-state index contributed by atoms with van der Waals surface area (Å²) in [5.41, 5.74) is 8.03. The zero-order valence-electron chi connectivity index (χ0n) is 8.89. The van der Waals surface area contributed by atoms with Crippen LogP contribution < -0.4 is 0 Å². The van der Waals surface area contributed by atoms with Crippen LogP contribution in [0.5, 0.6) is 0 Å². The molecule has 0 atom stereocenters. The molecule has 1 saturated carbocycles. The van der Waals surface area contributed by atoms with Crippen LogP contribution >= 0.6 is 0 Å². The van der Waals surface area contributed by atoms with Crippen molar-refractivity contribution in [2.75, 3.05) is 6.54 Å². The number of azide groups is 1. The Morgan fingerprint density at radius 2 is 2.13 bits per heavy atom. The van der Waals surface area contributed by atoms with Crippen LogP contribution in [0, 0.1) is 0 Å². The van der Waals surface area contributed by atoms with E-state index >= 15 is 0 Å². The molecular weight excluding hydrogens is 194 g/mol. The Balaban J connectivity index is 2.00. The second-order valence-electron chi connectivity index (χ2n) is 3.81. The number of carbonyl (C=O) groups excluding carboxylic acids is 1. The van der Waals surface area contributed by atoms with E-state index in [1.165, 1.54) is 12.8 Å². The maximum Gasteiger partial charge on any atom is 0.306 e. The average Bonchev–Trinajstić information content (AvgIpc) is 2.70. The van der Waals surface area contributed by atoms with E-state index in [0.29, 0.717) is 13.0 Å². The molecule has 5 nitrogen and oxygen atoms in total. The van der Waals surface area contributed by atoms with Crippen LogP contribution in [0.25, 0.3) is 10.4 Å². The number of esters is 1. The molecule has 0 aliphatic heterocycles. The largest absolute Gasteiger partial charge is 0.462 e. The normalized spacial score (nSPS) is 16.0. The first-order valence-corrected chi connectivity index (χ1v) is 5.53. The van der Waals surface area contributed by atoms with Crippen molar-refractivity contribution in [2.45, 2.75) is 51.0 Å². The molecule has 1 aliphatic carbocycles. The fraction of sp³-hybridized carbons (Fsp3) is 0.900. The molecule has 1 aliphatic rings. The molecule has 0 unspecified atom stereocenters. The Morgan fingerprint density at radius 1 is 1.40 bits per heavy atom. The number of rotatable bonds is 6. The maximum absolute atomic E-state index is 11.3. The highest BCUT2D eigenvalue weighted by atomic mass is 16.5. The predicted octanol–water partition coefficient (Wildman–Crippen LogP) is 2.95. The number of unbranched alkanes of at least 4 members (excludes halogenated alkanes) is 1. The lowest BCUT2D eigenvalue weighted by Crippen LogP contribution is -2.14. The second-order valence-corrected chi connectivity index (χ2v) is 3.81. The lowest BCUT2D eigenvalue weighted by atomic mass is 10.2. The zero-order valence-corrected chi connectivity index (χ0v) is 8.89. The summed E-state index contributed by atoms with van der Waals surface area (Å²) in [6, 6.07) is 0. The minimum absolute atomic E-state index is 0.108. The van der Waals surface area contributed by atoms with Gasteiger partial charge in [-0.3, -0.25) is 4.79 Å². The van der Waals surface area contributed by atoms with Gasteiger partial charge in [0.05, 0.1) is 0 Å². The first-order chi connectivity index (χ1) is 7.33. The van der Waals surface area contributed by atoms with Crippen molar-refractivity contribution in [3.05, 3.63) is 10.4 Å². The number of carbonyl (C=O) groups is 1. The van der Waals surface area contributed by atoms with E-state index in [4.69, 9.17) is 10.3 Å². The number of hydrogen-bond acceptors (Lipinski definition) is 3. The molecule has 0 heterocycles. The lowest BCUT2D eigenvalue weighted by Gasteiger charge is -2.10. The first kappa shape index (κ1) is 11.9. The van der Waals surface area contributed by atoms with Crippen LogP contribution in [-0.2, 0) is 9.53 Å². The van der Waals surface area contributed by atoms with Crippen molar-refractivity contribution in [3.63, 3.8) is 0 Å². The molecule has 1 rings (SSSR count). The highest BCUT2D eigenvalue weighted by Gasteiger charge is 2.18. The Kier molecular flexibility index (Phi) is 5.63. The van der Waals surface area contributed by atoms with Crippen molar-refractivity contribution in [3.8, 4) is 0 Å². The molecule has 5 heteroatoms. The monoisotopic (exact) mass is 211 g/mol. The van der Waals surface area contributed by atoms with Crippen molar-refractivity contribution >= 4 is 5.97 Å². The summed E-state index contributed by atoms with van der Waals surface area (Å²) in [5, 5.41) is 3.40. The van der Waals surface area contributed by atoms with Gasteiger partial charge in [-0.1, -0.05) is 5.11 Å². The molecule has 0 aromatic rings. The number of nitrogens with zero attached hydrogens (tertiary/aromatic N) is 3. The summed E-state index contributed by atoms with van der Waals surface area (Å²) in [4.78, 5) is 14.0. The van der Waals surface area contributed by atoms with Crippen molar-refractivity contribution in [1.29, 1.82) is 0 Å². The van der Waals surface area contributed by atoms with Crippen molar-refractivity contribution < 1.29 is 9.53 Å². The molecule has 0 spiro atoms. The molecule has 84 valence electrons. The fourth-order valence-electron chi connectivity index (χ4n) is 1.75. The zero-order chi connectivity index (χ0) is 10.9. The van der Waals surface area contributed by atoms with E-state index in [1.807, 2.05) is 0 Å². The Morgan fingerprint density at radius 3 is 2.80 bits per heavy atom. The third kappa shape index (κ3) is 5.27. The standard InChI is InChI=1S/C10H17N3O2/c11-13-12-8-4-3-7-10(14)15-9-5-1-2-6-9/h9H,1-8H2. The molecule has 0 radical (unpaired) electrons. The molecule has 0 N–H and O–H groups in total. The van der Waals surface area contributed by atoms with Crippen LogP contribution in [0.3, 0.4) is 0 Å². The minimum Gasteiger partial charge on any atom is -0.462 e. The highest BCUT2D eigenvalue weighted by Crippen LogP contribution is 2.21. The highest BCUT2D eigenvalue weighted by molar-refractivity contribution is 5.69. The van der Waals surface area contributed by atoms with E-state index < -0.39 is 0 Å². The Hall–Kier alpha value is -1.22. The summed E-state index contributed by atoms with van der Waals surface area (Å²) in [6.07, 6.45) is 6.49. The van der Waals surface area contributed by atoms with E-state index in [-0.39, 0.29) is 12.1 Å². The van der Waals surface area contributed by atoms with Gasteiger partial charge in [0.25, 0.3) is 0 Å². The predicted molar refractivity (Wildman–Crippen MR) is 56.2 cm³/mol. The van der Waals surface area contributed by atoms with Gasteiger partial charge in [-0.2, -0.15) is 0 Å². The molecule has 0 bridgehead atoms. The van der Waals surface area contributed by atoms with Crippen LogP contribution in [-0.4, -0.2) is 18.6 Å². The fourth-order valence-corrected chi connectivity index (χ4v) is 1.75. The molecule has 0 aromatic carbocycles. The quantitative estimate of drug-likeness (QED) is 0.223. The average molecular weight is 211 g/mol. The van der Waals surface area contributed by atoms with Gasteiger partial charge in [-0.15, -0.1) is 0 Å². The van der Waals surface area contributed by atoms with Gasteiger partial charge in [0.15, 0.2) is 0 Å². The molecule has 0 saturated heterocycles. The van der Waals surface area contributed by atoms with Crippen LogP contribution in [0.4, 0.5) is 0 Å². The Bertz CT molecular complexity index is 243. The SMILES string of the molecule is [N-]=[N+]=NCCCCC(=O)OC1CCCC1. The van der Waals surface area contributed by atoms with Crippen LogP contribution in [0.1, 0.15) is 44.9 Å². The number of hydrogen-bond donors (Lipinski definition) is 0. The molecular formula is C10H17N3O2. The third-order valence-corrected chi connectivity index (χ3v) is 2.55. The van der Waals surface area contributed by atoms with Gasteiger partial charge in [-0.25, -0.2) is 0 Å². The maximum atomic E-state index is 11.3. The summed E-state index contributed by atoms with van der Waals surface area (Å²) in [7, 11) is 0. The van der Waals surface area contributed by atoms with Crippen molar-refractivity contribution in [1.82, 2.24) is 0 Å². The van der Waals surface area contributed by atoms with Gasteiger partial charge in [-0.05, 0) is 44.1 Å². The number of ether oxygens (including phenoxy) is 1. The summed E-state index contributed by atoms with van der Waals surface area (Å²) in [5.74, 6) is -0.108. The van der Waals surface area contributed by atoms with Crippen LogP contribution in [0.15, 0.2) is 5.11 Å². The van der Waals surface area contributed by atoms with Gasteiger partial charge >= 0.3 is 5.97 Å². The van der Waals surface area contributed by atoms with Gasteiger partial charge < -0.3 is 4.74 Å². The first-order valence-electron chi connectivity index (χ1n) is 5.53. The van der Waals surface area contributed by atoms with E-state index in [9.17, 15) is 4.79 Å². The smallest absolute Gasteiger partial charge is 0.306 e. The van der Waals surface area contributed by atoms with E-state index in [0.717, 1.165) is 25.7 Å². The van der Waals surface area contributed by atoms with Crippen molar-refractivity contribution in [2.24, 2.45) is 5.11 Å². The van der Waals surface area contributed by atoms with Crippen LogP contribution in [0.2, 0.25) is 0 Å². The third-order valence-electron chi connectivity index (χ3n) is 2.55. The summed E-state index contributed by atoms with van der Waals surface area (Å²) in [6.45, 7) is 0.465. The van der Waals surface area contributed by atoms with Gasteiger partial charge in [0, 0.05) is 17.9 Å². The molecule has 0 aromatic heterocycles. The summed E-state index contributed by atoms with van der Waals surface area (Å²) >= 11 is 0. The van der Waals surface area contributed by atoms with E-state index in [2.05, 4.69) is 10.0 Å². The Labute approximate surface area is 89.4 Å². The molecule has 15 heavy (non-hydrogen) atoms. The van der Waals surface area contributed by atoms with Gasteiger partial charge in [0.1, 0.15) is 6.10 Å². The second kappa shape index (κ2) is 7.12. The topological polar surface area (TPSA) is 75.1 Å². The van der Waals surface area contributed by atoms with E-state index in [1.54, 1.807) is 0 Å². The molecule has 1 fully saturated rings. The minimum atomic E-state index is -0.108. The van der Waals surface area contributed by atoms with Gasteiger partial charge in [0.2, 0.25) is 0 Å². The lowest BCUT2D eigenvalue weighted by molar-refractivity contribution is -0.148.